The molecular formula is C34H33N3O3. The second-order valence-electron chi connectivity index (χ2n) is 11.6. The fourth-order valence-electron chi connectivity index (χ4n) is 6.17. The van der Waals surface area contributed by atoms with Crippen molar-refractivity contribution in [2.24, 2.45) is 0 Å². The summed E-state index contributed by atoms with van der Waals surface area (Å²) in [7, 11) is 0. The monoisotopic (exact) mass is 531 g/mol. The van der Waals surface area contributed by atoms with Gasteiger partial charge in [0, 0.05) is 6.54 Å². The number of nitrogens with zero attached hydrogens (tertiary/aromatic N) is 2. The fraction of sp³-hybridized carbons (Fsp3) is 0.324. The zero-order valence-corrected chi connectivity index (χ0v) is 22.5. The van der Waals surface area contributed by atoms with Crippen molar-refractivity contribution < 1.29 is 9.90 Å². The van der Waals surface area contributed by atoms with Crippen molar-refractivity contribution >= 4 is 5.91 Å². The first-order valence-corrected chi connectivity index (χ1v) is 14.4. The van der Waals surface area contributed by atoms with Crippen molar-refractivity contribution in [1.82, 2.24) is 14.9 Å². The van der Waals surface area contributed by atoms with Crippen LogP contribution in [0.1, 0.15) is 77.9 Å². The number of benzene rings is 3. The smallest absolute Gasteiger partial charge is 0.256 e. The Morgan fingerprint density at radius 3 is 2.48 bits per heavy atom. The van der Waals surface area contributed by atoms with Gasteiger partial charge in [-0.3, -0.25) is 9.59 Å². The van der Waals surface area contributed by atoms with E-state index < -0.39 is 6.10 Å². The minimum Gasteiger partial charge on any atom is -0.378 e. The van der Waals surface area contributed by atoms with Crippen molar-refractivity contribution in [3.63, 3.8) is 0 Å². The number of carbonyl (C=O) groups excluding carboxylic acids is 1. The van der Waals surface area contributed by atoms with Gasteiger partial charge in [-0.15, -0.1) is 0 Å². The molecule has 0 bridgehead atoms. The Bertz CT molecular complexity index is 1640. The maximum atomic E-state index is 13.5. The molecule has 4 aromatic rings. The molecule has 2 saturated carbocycles. The van der Waals surface area contributed by atoms with Crippen molar-refractivity contribution in [1.29, 1.82) is 0 Å². The van der Waals surface area contributed by atoms with E-state index in [1.54, 1.807) is 11.0 Å². The molecule has 6 heteroatoms. The van der Waals surface area contributed by atoms with Crippen molar-refractivity contribution in [2.45, 2.75) is 62.5 Å². The lowest BCUT2D eigenvalue weighted by Crippen LogP contribution is -2.36. The number of aliphatic hydroxyl groups excluding tert-OH is 1. The van der Waals surface area contributed by atoms with E-state index in [0.29, 0.717) is 36.4 Å². The zero-order valence-electron chi connectivity index (χ0n) is 22.5. The van der Waals surface area contributed by atoms with Crippen LogP contribution < -0.4 is 5.56 Å². The van der Waals surface area contributed by atoms with Crippen molar-refractivity contribution in [3.8, 4) is 11.1 Å². The van der Waals surface area contributed by atoms with E-state index in [1.807, 2.05) is 36.4 Å². The number of fused-ring (bicyclic) bond motifs is 1. The van der Waals surface area contributed by atoms with Crippen LogP contribution in [0.2, 0.25) is 0 Å². The number of hydrogen-bond acceptors (Lipinski definition) is 4. The largest absolute Gasteiger partial charge is 0.378 e. The van der Waals surface area contributed by atoms with Gasteiger partial charge >= 0.3 is 0 Å². The lowest BCUT2D eigenvalue weighted by Gasteiger charge is -2.24. The number of H-pyrrole nitrogens is 1. The highest BCUT2D eigenvalue weighted by molar-refractivity contribution is 5.83. The summed E-state index contributed by atoms with van der Waals surface area (Å²) in [5, 5.41) is 11.2. The average molecular weight is 532 g/mol. The fourth-order valence-corrected chi connectivity index (χ4v) is 6.17. The summed E-state index contributed by atoms with van der Waals surface area (Å²) in [5.74, 6) is 0.996. The molecule has 2 N–H and O–H groups in total. The lowest BCUT2D eigenvalue weighted by molar-refractivity contribution is -0.141. The summed E-state index contributed by atoms with van der Waals surface area (Å²) in [6.45, 7) is 0.614. The van der Waals surface area contributed by atoms with E-state index in [2.05, 4.69) is 41.4 Å². The highest BCUT2D eigenvalue weighted by atomic mass is 16.3. The molecule has 2 aliphatic carbocycles. The molecule has 202 valence electrons. The molecule has 2 heterocycles. The number of aryl methyl sites for hydroxylation is 1. The molecule has 1 amide bonds. The van der Waals surface area contributed by atoms with Gasteiger partial charge in [0.2, 0.25) is 0 Å². The van der Waals surface area contributed by atoms with E-state index >= 15 is 0 Å². The SMILES string of the molecule is O=C(C(O)c1cccc(-c2cccc(C3CC3)c2)c1)N1CCCc2nc(C3(c4ccccc4)CC3)[nH]c(=O)c2C1. The molecule has 2 fully saturated rings. The summed E-state index contributed by atoms with van der Waals surface area (Å²) in [6.07, 6.45) is 4.41. The van der Waals surface area contributed by atoms with Gasteiger partial charge in [-0.05, 0) is 78.3 Å². The zero-order chi connectivity index (χ0) is 27.3. The Balaban J connectivity index is 1.12. The maximum absolute atomic E-state index is 13.5. The van der Waals surface area contributed by atoms with Gasteiger partial charge in [0.25, 0.3) is 11.5 Å². The second-order valence-corrected chi connectivity index (χ2v) is 11.6. The van der Waals surface area contributed by atoms with Crippen LogP contribution in [0.3, 0.4) is 0 Å². The molecule has 3 aromatic carbocycles. The third-order valence-electron chi connectivity index (χ3n) is 8.84. The first-order valence-electron chi connectivity index (χ1n) is 14.4. The first-order chi connectivity index (χ1) is 19.5. The number of aromatic nitrogens is 2. The number of amides is 1. The van der Waals surface area contributed by atoms with Gasteiger partial charge in [-0.25, -0.2) is 4.98 Å². The summed E-state index contributed by atoms with van der Waals surface area (Å²) in [4.78, 5) is 36.5. The van der Waals surface area contributed by atoms with Crippen LogP contribution in [-0.4, -0.2) is 32.4 Å². The lowest BCUT2D eigenvalue weighted by atomic mass is 9.94. The number of aromatic amines is 1. The quantitative estimate of drug-likeness (QED) is 0.349. The molecular weight excluding hydrogens is 498 g/mol. The molecule has 1 aromatic heterocycles. The average Bonchev–Trinajstić information content (AvgIpc) is 3.90. The van der Waals surface area contributed by atoms with Gasteiger partial charge in [0.1, 0.15) is 5.82 Å². The van der Waals surface area contributed by atoms with Gasteiger partial charge in [0.05, 0.1) is 23.2 Å². The van der Waals surface area contributed by atoms with Crippen LogP contribution in [0.5, 0.6) is 0 Å². The summed E-state index contributed by atoms with van der Waals surface area (Å²) in [5.41, 5.74) is 6.03. The predicted octanol–water partition coefficient (Wildman–Crippen LogP) is 5.40. The van der Waals surface area contributed by atoms with Gasteiger partial charge < -0.3 is 15.0 Å². The third-order valence-corrected chi connectivity index (χ3v) is 8.84. The number of hydrogen-bond donors (Lipinski definition) is 2. The Hall–Kier alpha value is -4.03. The van der Waals surface area contributed by atoms with Crippen LogP contribution in [0.15, 0.2) is 83.7 Å². The number of aliphatic hydroxyl groups is 1. The van der Waals surface area contributed by atoms with E-state index in [9.17, 15) is 14.7 Å². The van der Waals surface area contributed by atoms with E-state index in [-0.39, 0.29) is 23.4 Å². The van der Waals surface area contributed by atoms with Crippen LogP contribution in [0, 0.1) is 0 Å². The second kappa shape index (κ2) is 9.86. The number of rotatable bonds is 6. The van der Waals surface area contributed by atoms with Crippen molar-refractivity contribution in [3.05, 3.63) is 123 Å². The normalized spacial score (nSPS) is 18.5. The summed E-state index contributed by atoms with van der Waals surface area (Å²) in [6, 6.07) is 26.4. The molecule has 3 aliphatic rings. The summed E-state index contributed by atoms with van der Waals surface area (Å²) >= 11 is 0. The standard InChI is InChI=1S/C34H33N3O3/c38-30(26-10-5-9-25(20-26)24-8-4-7-23(19-24)22-14-15-22)32(40)37-18-6-13-29-28(21-37)31(39)36-33(35-29)34(16-17-34)27-11-2-1-3-12-27/h1-5,7-12,19-20,22,30,38H,6,13-18,21H2,(H,35,36,39). The number of nitrogens with one attached hydrogen (secondary N) is 1. The van der Waals surface area contributed by atoms with E-state index in [0.717, 1.165) is 35.5 Å². The van der Waals surface area contributed by atoms with Gasteiger partial charge in [-0.2, -0.15) is 0 Å². The Kier molecular flexibility index (Phi) is 6.16. The minimum absolute atomic E-state index is 0.148. The predicted molar refractivity (Wildman–Crippen MR) is 154 cm³/mol. The van der Waals surface area contributed by atoms with Crippen LogP contribution in [-0.2, 0) is 23.2 Å². The molecule has 7 rings (SSSR count). The molecule has 0 radical (unpaired) electrons. The first kappa shape index (κ1) is 25.0. The van der Waals surface area contributed by atoms with E-state index in [1.165, 1.54) is 24.0 Å². The Morgan fingerprint density at radius 1 is 0.975 bits per heavy atom. The Morgan fingerprint density at radius 2 is 1.73 bits per heavy atom. The highest BCUT2D eigenvalue weighted by Crippen LogP contribution is 2.52. The Labute approximate surface area is 233 Å². The molecule has 40 heavy (non-hydrogen) atoms. The number of carbonyl (C=O) groups is 1. The topological polar surface area (TPSA) is 86.3 Å². The molecule has 0 spiro atoms. The minimum atomic E-state index is -1.30. The molecule has 1 atom stereocenters. The third kappa shape index (κ3) is 4.56. The van der Waals surface area contributed by atoms with Crippen molar-refractivity contribution in [2.75, 3.05) is 6.54 Å². The molecule has 0 saturated heterocycles. The highest BCUT2D eigenvalue weighted by Gasteiger charge is 2.48. The molecule has 1 unspecified atom stereocenters. The maximum Gasteiger partial charge on any atom is 0.256 e. The van der Waals surface area contributed by atoms with Gasteiger partial charge in [-0.1, -0.05) is 72.8 Å². The van der Waals surface area contributed by atoms with Crippen LogP contribution >= 0.6 is 0 Å². The van der Waals surface area contributed by atoms with E-state index in [4.69, 9.17) is 4.98 Å². The van der Waals surface area contributed by atoms with Crippen LogP contribution in [0.4, 0.5) is 0 Å². The molecule has 6 nitrogen and oxygen atoms in total. The van der Waals surface area contributed by atoms with Gasteiger partial charge in [0.15, 0.2) is 6.10 Å². The molecule has 1 aliphatic heterocycles. The summed E-state index contributed by atoms with van der Waals surface area (Å²) < 4.78 is 0. The van der Waals surface area contributed by atoms with Crippen LogP contribution in [0.25, 0.3) is 11.1 Å².